The molecule has 0 saturated carbocycles. The summed E-state index contributed by atoms with van der Waals surface area (Å²) in [5.41, 5.74) is 5.58. The second-order valence-electron chi connectivity index (χ2n) is 4.21. The maximum atomic E-state index is 13.0. The zero-order valence-electron chi connectivity index (χ0n) is 11.1. The van der Waals surface area contributed by atoms with Gasteiger partial charge in [-0.15, -0.1) is 0 Å². The van der Waals surface area contributed by atoms with Gasteiger partial charge in [0, 0.05) is 11.3 Å². The number of carbonyl (C=O) groups excluding carboxylic acids is 1. The van der Waals surface area contributed by atoms with Gasteiger partial charge in [-0.05, 0) is 48.6 Å². The fraction of sp³-hybridized carbons (Fsp3) is 0. The van der Waals surface area contributed by atoms with E-state index in [1.54, 1.807) is 6.07 Å². The Hall–Kier alpha value is -2.38. The van der Waals surface area contributed by atoms with Crippen molar-refractivity contribution in [2.75, 3.05) is 5.32 Å². The predicted molar refractivity (Wildman–Crippen MR) is 86.3 cm³/mol. The van der Waals surface area contributed by atoms with Crippen molar-refractivity contribution in [1.82, 2.24) is 10.9 Å². The number of hydrogen-bond acceptors (Lipinski definition) is 3. The van der Waals surface area contributed by atoms with Crippen molar-refractivity contribution in [2.24, 2.45) is 0 Å². The third-order valence-electron chi connectivity index (χ3n) is 2.58. The molecular formula is C14H11ClFN3O2S. The minimum Gasteiger partial charge on any atom is -0.508 e. The number of rotatable bonds is 2. The third kappa shape index (κ3) is 4.31. The van der Waals surface area contributed by atoms with Gasteiger partial charge < -0.3 is 10.4 Å². The van der Waals surface area contributed by atoms with Crippen LogP contribution in [0.1, 0.15) is 10.4 Å². The van der Waals surface area contributed by atoms with Crippen LogP contribution in [0, 0.1) is 5.82 Å². The Kier molecular flexibility index (Phi) is 5.13. The van der Waals surface area contributed by atoms with E-state index in [4.69, 9.17) is 23.8 Å². The minimum atomic E-state index is -0.539. The SMILES string of the molecule is O=C(NNC(=S)Nc1ccc(F)c(Cl)c1)c1cccc(O)c1. The summed E-state index contributed by atoms with van der Waals surface area (Å²) in [5, 5.41) is 12.1. The van der Waals surface area contributed by atoms with Crippen molar-refractivity contribution < 1.29 is 14.3 Å². The molecule has 1 amide bonds. The van der Waals surface area contributed by atoms with Crippen molar-refractivity contribution in [3.8, 4) is 5.75 Å². The number of phenolic OH excluding ortho intramolecular Hbond substituents is 1. The quantitative estimate of drug-likeness (QED) is 0.500. The fourth-order valence-electron chi connectivity index (χ4n) is 1.57. The molecule has 0 atom stereocenters. The zero-order valence-corrected chi connectivity index (χ0v) is 12.6. The van der Waals surface area contributed by atoms with E-state index < -0.39 is 11.7 Å². The van der Waals surface area contributed by atoms with Gasteiger partial charge >= 0.3 is 0 Å². The summed E-state index contributed by atoms with van der Waals surface area (Å²) in [4.78, 5) is 11.8. The highest BCUT2D eigenvalue weighted by Gasteiger charge is 2.07. The van der Waals surface area contributed by atoms with Gasteiger partial charge in [-0.25, -0.2) is 4.39 Å². The van der Waals surface area contributed by atoms with Crippen LogP contribution < -0.4 is 16.2 Å². The van der Waals surface area contributed by atoms with Crippen LogP contribution in [-0.4, -0.2) is 16.1 Å². The summed E-state index contributed by atoms with van der Waals surface area (Å²) in [6.45, 7) is 0. The van der Waals surface area contributed by atoms with E-state index in [2.05, 4.69) is 16.2 Å². The van der Waals surface area contributed by atoms with Gasteiger partial charge in [0.25, 0.3) is 5.91 Å². The normalized spacial score (nSPS) is 9.91. The summed E-state index contributed by atoms with van der Waals surface area (Å²) in [6, 6.07) is 9.85. The largest absolute Gasteiger partial charge is 0.508 e. The van der Waals surface area contributed by atoms with E-state index in [0.29, 0.717) is 5.69 Å². The molecule has 0 aliphatic carbocycles. The van der Waals surface area contributed by atoms with E-state index in [0.717, 1.165) is 0 Å². The van der Waals surface area contributed by atoms with Crippen LogP contribution in [0.2, 0.25) is 5.02 Å². The molecule has 22 heavy (non-hydrogen) atoms. The molecule has 4 N–H and O–H groups in total. The van der Waals surface area contributed by atoms with Crippen LogP contribution in [0.5, 0.6) is 5.75 Å². The number of nitrogens with one attached hydrogen (secondary N) is 3. The average Bonchev–Trinajstić information content (AvgIpc) is 2.48. The first-order chi connectivity index (χ1) is 10.5. The van der Waals surface area contributed by atoms with E-state index in [-0.39, 0.29) is 21.4 Å². The summed E-state index contributed by atoms with van der Waals surface area (Å²) in [7, 11) is 0. The van der Waals surface area contributed by atoms with Crippen LogP contribution in [0.4, 0.5) is 10.1 Å². The first-order valence-corrected chi connectivity index (χ1v) is 6.86. The number of anilines is 1. The maximum absolute atomic E-state index is 13.0. The lowest BCUT2D eigenvalue weighted by Crippen LogP contribution is -2.43. The van der Waals surface area contributed by atoms with Gasteiger partial charge in [0.2, 0.25) is 0 Å². The van der Waals surface area contributed by atoms with Crippen LogP contribution in [0.3, 0.4) is 0 Å². The van der Waals surface area contributed by atoms with Crippen LogP contribution in [0.25, 0.3) is 0 Å². The number of phenols is 1. The molecule has 0 unspecified atom stereocenters. The number of benzene rings is 2. The lowest BCUT2D eigenvalue weighted by molar-refractivity contribution is 0.0944. The van der Waals surface area contributed by atoms with E-state index in [9.17, 15) is 14.3 Å². The molecule has 0 radical (unpaired) electrons. The monoisotopic (exact) mass is 339 g/mol. The summed E-state index contributed by atoms with van der Waals surface area (Å²) in [5.74, 6) is -1.03. The van der Waals surface area contributed by atoms with Crippen molar-refractivity contribution in [3.63, 3.8) is 0 Å². The molecule has 8 heteroatoms. The van der Waals surface area contributed by atoms with Crippen molar-refractivity contribution >= 4 is 40.5 Å². The second kappa shape index (κ2) is 7.06. The summed E-state index contributed by atoms with van der Waals surface area (Å²) in [6.07, 6.45) is 0. The molecule has 114 valence electrons. The van der Waals surface area contributed by atoms with Gasteiger partial charge in [0.05, 0.1) is 5.02 Å². The highest BCUT2D eigenvalue weighted by Crippen LogP contribution is 2.19. The molecule has 0 aliphatic heterocycles. The maximum Gasteiger partial charge on any atom is 0.269 e. The average molecular weight is 340 g/mol. The molecule has 2 aromatic rings. The molecular weight excluding hydrogens is 329 g/mol. The number of thiocarbonyl (C=S) groups is 1. The standard InChI is InChI=1S/C14H11ClFN3O2S/c15-11-7-9(4-5-12(11)16)17-14(22)19-18-13(21)8-2-1-3-10(20)6-8/h1-7,20H,(H,18,21)(H2,17,19,22). The molecule has 2 aromatic carbocycles. The third-order valence-corrected chi connectivity index (χ3v) is 3.07. The number of carbonyl (C=O) groups is 1. The first kappa shape index (κ1) is 16.0. The molecule has 0 aromatic heterocycles. The number of halogens is 2. The molecule has 5 nitrogen and oxygen atoms in total. The Bertz CT molecular complexity index is 727. The van der Waals surface area contributed by atoms with Gasteiger partial charge in [-0.2, -0.15) is 0 Å². The zero-order chi connectivity index (χ0) is 16.1. The van der Waals surface area contributed by atoms with Gasteiger partial charge in [0.15, 0.2) is 5.11 Å². The number of aromatic hydroxyl groups is 1. The van der Waals surface area contributed by atoms with Crippen LogP contribution in [-0.2, 0) is 0 Å². The number of hydrazine groups is 1. The minimum absolute atomic E-state index is 0.0192. The predicted octanol–water partition coefficient (Wildman–Crippen LogP) is 2.82. The van der Waals surface area contributed by atoms with E-state index in [1.807, 2.05) is 0 Å². The molecule has 0 saturated heterocycles. The smallest absolute Gasteiger partial charge is 0.269 e. The Morgan fingerprint density at radius 2 is 1.95 bits per heavy atom. The van der Waals surface area contributed by atoms with Crippen LogP contribution in [0.15, 0.2) is 42.5 Å². The molecule has 0 bridgehead atoms. The van der Waals surface area contributed by atoms with Crippen molar-refractivity contribution in [2.45, 2.75) is 0 Å². The van der Waals surface area contributed by atoms with Crippen molar-refractivity contribution in [3.05, 3.63) is 58.9 Å². The number of hydrogen-bond donors (Lipinski definition) is 4. The molecule has 2 rings (SSSR count). The molecule has 0 aliphatic rings. The van der Waals surface area contributed by atoms with Gasteiger partial charge in [-0.1, -0.05) is 17.7 Å². The van der Waals surface area contributed by atoms with Gasteiger partial charge in [-0.3, -0.25) is 15.6 Å². The Morgan fingerprint density at radius 1 is 1.18 bits per heavy atom. The molecule has 0 spiro atoms. The topological polar surface area (TPSA) is 73.4 Å². The highest BCUT2D eigenvalue weighted by molar-refractivity contribution is 7.80. The van der Waals surface area contributed by atoms with Crippen LogP contribution >= 0.6 is 23.8 Å². The van der Waals surface area contributed by atoms with E-state index >= 15 is 0 Å². The Balaban J connectivity index is 1.90. The second-order valence-corrected chi connectivity index (χ2v) is 5.03. The fourth-order valence-corrected chi connectivity index (χ4v) is 1.92. The first-order valence-electron chi connectivity index (χ1n) is 6.07. The lowest BCUT2D eigenvalue weighted by Gasteiger charge is -2.12. The van der Waals surface area contributed by atoms with E-state index in [1.165, 1.54) is 36.4 Å². The Morgan fingerprint density at radius 3 is 2.64 bits per heavy atom. The Labute approximate surface area is 136 Å². The van der Waals surface area contributed by atoms with Gasteiger partial charge in [0.1, 0.15) is 11.6 Å². The molecule has 0 heterocycles. The lowest BCUT2D eigenvalue weighted by atomic mass is 10.2. The molecule has 0 fully saturated rings. The summed E-state index contributed by atoms with van der Waals surface area (Å²) >= 11 is 10.6. The van der Waals surface area contributed by atoms with Crippen molar-refractivity contribution in [1.29, 1.82) is 0 Å². The summed E-state index contributed by atoms with van der Waals surface area (Å²) < 4.78 is 13.0. The number of amides is 1. The highest BCUT2D eigenvalue weighted by atomic mass is 35.5.